The molecule has 2 saturated heterocycles. The number of ether oxygens (including phenoxy) is 3. The summed E-state index contributed by atoms with van der Waals surface area (Å²) in [6.07, 6.45) is 2.66. The third-order valence-corrected chi connectivity index (χ3v) is 6.51. The number of benzene rings is 1. The number of fused-ring (bicyclic) bond motifs is 1. The van der Waals surface area contributed by atoms with Crippen LogP contribution >= 0.6 is 34.8 Å². The molecular formula is C20H17Cl3N4O3. The first-order valence-electron chi connectivity index (χ1n) is 9.27. The molecular weight excluding hydrogens is 451 g/mol. The van der Waals surface area contributed by atoms with Crippen LogP contribution in [0.3, 0.4) is 0 Å². The van der Waals surface area contributed by atoms with Crippen molar-refractivity contribution >= 4 is 51.5 Å². The van der Waals surface area contributed by atoms with E-state index in [-0.39, 0.29) is 5.60 Å². The number of halogens is 3. The fraction of sp³-hybridized carbons (Fsp3) is 0.350. The molecule has 2 fully saturated rings. The predicted octanol–water partition coefficient (Wildman–Crippen LogP) is 4.65. The van der Waals surface area contributed by atoms with Crippen molar-refractivity contribution in [3.05, 3.63) is 33.5 Å². The largest absolute Gasteiger partial charge is 0.495 e. The molecule has 5 rings (SSSR count). The van der Waals surface area contributed by atoms with Crippen molar-refractivity contribution < 1.29 is 14.2 Å². The van der Waals surface area contributed by atoms with Gasteiger partial charge in [0.1, 0.15) is 28.1 Å². The van der Waals surface area contributed by atoms with Gasteiger partial charge in [0.05, 0.1) is 61.2 Å². The van der Waals surface area contributed by atoms with Crippen molar-refractivity contribution in [3.8, 4) is 22.9 Å². The number of methoxy groups -OCH3 is 2. The molecule has 0 aliphatic carbocycles. The minimum absolute atomic E-state index is 0.0667. The minimum atomic E-state index is -0.0667. The van der Waals surface area contributed by atoms with Gasteiger partial charge in [0.2, 0.25) is 0 Å². The van der Waals surface area contributed by atoms with E-state index in [0.717, 1.165) is 37.3 Å². The Morgan fingerprint density at radius 1 is 1.03 bits per heavy atom. The number of nitrogens with zero attached hydrogens (tertiary/aromatic N) is 4. The molecule has 0 N–H and O–H groups in total. The van der Waals surface area contributed by atoms with Crippen LogP contribution < -0.4 is 14.4 Å². The van der Waals surface area contributed by atoms with Gasteiger partial charge < -0.3 is 19.1 Å². The predicted molar refractivity (Wildman–Crippen MR) is 116 cm³/mol. The Kier molecular flexibility index (Phi) is 4.82. The lowest BCUT2D eigenvalue weighted by atomic mass is 9.86. The van der Waals surface area contributed by atoms with Crippen LogP contribution in [0, 0.1) is 0 Å². The Morgan fingerprint density at radius 2 is 1.70 bits per heavy atom. The second kappa shape index (κ2) is 7.27. The molecule has 0 unspecified atom stereocenters. The van der Waals surface area contributed by atoms with E-state index < -0.39 is 0 Å². The third kappa shape index (κ3) is 3.03. The lowest BCUT2D eigenvalue weighted by Crippen LogP contribution is -2.68. The highest BCUT2D eigenvalue weighted by atomic mass is 35.5. The van der Waals surface area contributed by atoms with E-state index in [2.05, 4.69) is 14.9 Å². The van der Waals surface area contributed by atoms with Crippen LogP contribution in [0.4, 0.5) is 5.82 Å². The highest BCUT2D eigenvalue weighted by molar-refractivity contribution is 6.41. The summed E-state index contributed by atoms with van der Waals surface area (Å²) in [5.74, 6) is 1.91. The first-order valence-corrected chi connectivity index (χ1v) is 10.4. The Morgan fingerprint density at radius 3 is 2.27 bits per heavy atom. The molecule has 0 amide bonds. The van der Waals surface area contributed by atoms with E-state index in [4.69, 9.17) is 54.0 Å². The zero-order valence-corrected chi connectivity index (χ0v) is 18.5. The summed E-state index contributed by atoms with van der Waals surface area (Å²) in [6, 6.07) is 3.39. The van der Waals surface area contributed by atoms with Crippen LogP contribution in [0.5, 0.6) is 11.5 Å². The maximum Gasteiger partial charge on any atom is 0.165 e. The zero-order valence-electron chi connectivity index (χ0n) is 16.2. The zero-order chi connectivity index (χ0) is 21.0. The van der Waals surface area contributed by atoms with Crippen molar-refractivity contribution in [3.63, 3.8) is 0 Å². The van der Waals surface area contributed by atoms with Crippen LogP contribution in [0.15, 0.2) is 18.3 Å². The minimum Gasteiger partial charge on any atom is -0.495 e. The number of hydrogen-bond donors (Lipinski definition) is 0. The molecule has 10 heteroatoms. The molecule has 30 heavy (non-hydrogen) atoms. The number of anilines is 1. The molecule has 7 nitrogen and oxygen atoms in total. The van der Waals surface area contributed by atoms with Gasteiger partial charge in [-0.05, 0) is 6.07 Å². The standard InChI is InChI=1S/C20H17Cl3N4O3/c1-28-12-6-13(29-2)17(23)15(16(12)22)18-25-11-7-24-14(21)5-10(11)19(26-18)27-8-20(9-27)3-4-30-20/h5-7H,3-4,8-9H2,1-2H3. The number of rotatable bonds is 4. The summed E-state index contributed by atoms with van der Waals surface area (Å²) in [7, 11) is 3.05. The smallest absolute Gasteiger partial charge is 0.165 e. The average molecular weight is 468 g/mol. The number of pyridine rings is 1. The summed E-state index contributed by atoms with van der Waals surface area (Å²) in [5.41, 5.74) is 0.995. The second-order valence-corrected chi connectivity index (χ2v) is 8.46. The molecule has 0 bridgehead atoms. The van der Waals surface area contributed by atoms with E-state index in [0.29, 0.717) is 43.6 Å². The fourth-order valence-electron chi connectivity index (χ4n) is 3.86. The molecule has 0 radical (unpaired) electrons. The van der Waals surface area contributed by atoms with E-state index in [1.54, 1.807) is 18.3 Å². The van der Waals surface area contributed by atoms with Gasteiger partial charge in [0.15, 0.2) is 5.82 Å². The van der Waals surface area contributed by atoms with Gasteiger partial charge >= 0.3 is 0 Å². The van der Waals surface area contributed by atoms with Gasteiger partial charge in [-0.25, -0.2) is 15.0 Å². The maximum absolute atomic E-state index is 6.60. The highest BCUT2D eigenvalue weighted by Crippen LogP contribution is 2.46. The molecule has 4 heterocycles. The SMILES string of the molecule is COc1cc(OC)c(Cl)c(-c2nc(N3CC4(CCO4)C3)c3cc(Cl)ncc3n2)c1Cl. The summed E-state index contributed by atoms with van der Waals surface area (Å²) in [5, 5.41) is 1.78. The van der Waals surface area contributed by atoms with Gasteiger partial charge in [-0.1, -0.05) is 34.8 Å². The lowest BCUT2D eigenvalue weighted by Gasteiger charge is -2.55. The average Bonchev–Trinajstić information content (AvgIpc) is 2.66. The molecule has 156 valence electrons. The maximum atomic E-state index is 6.60. The monoisotopic (exact) mass is 466 g/mol. The molecule has 3 aromatic rings. The summed E-state index contributed by atoms with van der Waals surface area (Å²) >= 11 is 19.3. The molecule has 2 aliphatic rings. The fourth-order valence-corrected chi connectivity index (χ4v) is 4.69. The van der Waals surface area contributed by atoms with Gasteiger partial charge in [-0.3, -0.25) is 0 Å². The molecule has 2 aromatic heterocycles. The van der Waals surface area contributed by atoms with Crippen molar-refractivity contribution in [2.45, 2.75) is 12.0 Å². The van der Waals surface area contributed by atoms with Crippen LogP contribution in [0.1, 0.15) is 6.42 Å². The number of aromatic nitrogens is 3. The van der Waals surface area contributed by atoms with Crippen LogP contribution in [0.2, 0.25) is 15.2 Å². The van der Waals surface area contributed by atoms with Crippen molar-refractivity contribution in [1.82, 2.24) is 15.0 Å². The Balaban J connectivity index is 1.70. The molecule has 1 aromatic carbocycles. The summed E-state index contributed by atoms with van der Waals surface area (Å²) < 4.78 is 16.5. The Labute approximate surface area is 187 Å². The van der Waals surface area contributed by atoms with E-state index in [1.807, 2.05) is 0 Å². The van der Waals surface area contributed by atoms with Crippen molar-refractivity contribution in [1.29, 1.82) is 0 Å². The van der Waals surface area contributed by atoms with E-state index in [9.17, 15) is 0 Å². The highest BCUT2D eigenvalue weighted by Gasteiger charge is 2.50. The molecule has 0 saturated carbocycles. The summed E-state index contributed by atoms with van der Waals surface area (Å²) in [4.78, 5) is 15.8. The van der Waals surface area contributed by atoms with E-state index >= 15 is 0 Å². The summed E-state index contributed by atoms with van der Waals surface area (Å²) in [6.45, 7) is 2.30. The third-order valence-electron chi connectivity index (χ3n) is 5.55. The quantitative estimate of drug-likeness (QED) is 0.517. The topological polar surface area (TPSA) is 69.6 Å². The first-order chi connectivity index (χ1) is 14.4. The Bertz CT molecular complexity index is 1130. The van der Waals surface area contributed by atoms with Crippen LogP contribution in [0.25, 0.3) is 22.3 Å². The normalized spacial score (nSPS) is 17.0. The van der Waals surface area contributed by atoms with Crippen molar-refractivity contribution in [2.24, 2.45) is 0 Å². The van der Waals surface area contributed by atoms with Crippen molar-refractivity contribution in [2.75, 3.05) is 38.8 Å². The molecule has 2 aliphatic heterocycles. The van der Waals surface area contributed by atoms with E-state index in [1.165, 1.54) is 14.2 Å². The first kappa shape index (κ1) is 19.9. The van der Waals surface area contributed by atoms with Gasteiger partial charge in [-0.2, -0.15) is 0 Å². The van der Waals surface area contributed by atoms with Gasteiger partial charge in [0.25, 0.3) is 0 Å². The van der Waals surface area contributed by atoms with Gasteiger partial charge in [0, 0.05) is 17.9 Å². The van der Waals surface area contributed by atoms with Crippen LogP contribution in [-0.2, 0) is 4.74 Å². The number of hydrogen-bond acceptors (Lipinski definition) is 7. The molecule has 1 spiro atoms. The molecule has 0 atom stereocenters. The lowest BCUT2D eigenvalue weighted by molar-refractivity contribution is -0.161. The van der Waals surface area contributed by atoms with Gasteiger partial charge in [-0.15, -0.1) is 0 Å². The second-order valence-electron chi connectivity index (χ2n) is 7.32. The van der Waals surface area contributed by atoms with Crippen LogP contribution in [-0.4, -0.2) is 54.5 Å². The Hall–Kier alpha value is -2.06.